The normalized spacial score (nSPS) is 16.4. The van der Waals surface area contributed by atoms with Crippen molar-refractivity contribution in [2.24, 2.45) is 4.99 Å². The summed E-state index contributed by atoms with van der Waals surface area (Å²) >= 11 is 0. The second-order valence-electron chi connectivity index (χ2n) is 11.7. The molecule has 8 aromatic rings. The summed E-state index contributed by atoms with van der Waals surface area (Å²) in [5, 5.41) is 4.58. The first kappa shape index (κ1) is 20.7. The first-order valence-electron chi connectivity index (χ1n) is 20.4. The number of nitrogens with zero attached hydrogens (tertiary/aromatic N) is 1. The smallest absolute Gasteiger partial charge is 0.177 e. The van der Waals surface area contributed by atoms with Crippen LogP contribution < -0.4 is 5.32 Å². The van der Waals surface area contributed by atoms with E-state index in [4.69, 9.17) is 21.7 Å². The van der Waals surface area contributed by atoms with Crippen LogP contribution in [0.5, 0.6) is 0 Å². The van der Waals surface area contributed by atoms with Crippen LogP contribution in [-0.4, -0.2) is 5.71 Å². The third-order valence-corrected chi connectivity index (χ3v) is 8.66. The van der Waals surface area contributed by atoms with Crippen molar-refractivity contribution >= 4 is 22.4 Å². The van der Waals surface area contributed by atoms with Gasteiger partial charge in [0.15, 0.2) is 5.76 Å². The van der Waals surface area contributed by atoms with Gasteiger partial charge in [0, 0.05) is 10.9 Å². The average Bonchev–Trinajstić information content (AvgIpc) is 3.64. The highest BCUT2D eigenvalue weighted by Gasteiger charge is 2.28. The molecule has 1 unspecified atom stereocenters. The number of nitrogens with one attached hydrogen (secondary N) is 1. The van der Waals surface area contributed by atoms with Crippen molar-refractivity contribution in [2.75, 3.05) is 5.32 Å². The summed E-state index contributed by atoms with van der Waals surface area (Å²) < 4.78 is 83.2. The van der Waals surface area contributed by atoms with E-state index in [-0.39, 0.29) is 28.8 Å². The lowest BCUT2D eigenvalue weighted by Crippen LogP contribution is -2.19. The van der Waals surface area contributed by atoms with Gasteiger partial charge < -0.3 is 9.73 Å². The number of hydrogen-bond donors (Lipinski definition) is 1. The van der Waals surface area contributed by atoms with Gasteiger partial charge in [-0.3, -0.25) is 4.99 Å². The van der Waals surface area contributed by atoms with Crippen LogP contribution in [0.4, 0.5) is 5.69 Å². The van der Waals surface area contributed by atoms with Gasteiger partial charge in [0.05, 0.1) is 18.0 Å². The number of benzene rings is 7. The predicted molar refractivity (Wildman–Crippen MR) is 203 cm³/mol. The van der Waals surface area contributed by atoms with E-state index in [1.807, 2.05) is 78.9 Å². The molecule has 1 aromatic heterocycles. The third kappa shape index (κ3) is 5.52. The number of rotatable bonds is 6. The Morgan fingerprint density at radius 2 is 1.06 bits per heavy atom. The van der Waals surface area contributed by atoms with Gasteiger partial charge in [-0.25, -0.2) is 0 Å². The van der Waals surface area contributed by atoms with Gasteiger partial charge in [0.25, 0.3) is 0 Å². The van der Waals surface area contributed by atoms with Crippen LogP contribution in [0.25, 0.3) is 55.5 Å². The van der Waals surface area contributed by atoms with E-state index in [9.17, 15) is 0 Å². The third-order valence-electron chi connectivity index (χ3n) is 8.66. The molecule has 3 heteroatoms. The molecule has 3 nitrogen and oxygen atoms in total. The molecule has 0 aliphatic carbocycles. The maximum Gasteiger partial charge on any atom is 0.177 e. The Balaban J connectivity index is 1.11. The molecular formula is C46H32N2O. The van der Waals surface area contributed by atoms with Gasteiger partial charge in [-0.1, -0.05) is 158 Å². The second kappa shape index (κ2) is 12.3. The van der Waals surface area contributed by atoms with Crippen LogP contribution in [0.2, 0.25) is 0 Å². The van der Waals surface area contributed by atoms with Gasteiger partial charge in [0.2, 0.25) is 0 Å². The van der Waals surface area contributed by atoms with E-state index < -0.39 is 48.5 Å². The van der Waals surface area contributed by atoms with Gasteiger partial charge in [-0.2, -0.15) is 0 Å². The minimum Gasteiger partial charge on any atom is -0.452 e. The Labute approximate surface area is 298 Å². The molecule has 0 bridgehead atoms. The Hall–Kier alpha value is -6.45. The molecule has 1 aliphatic heterocycles. The van der Waals surface area contributed by atoms with Crippen LogP contribution in [0.3, 0.4) is 0 Å². The minimum absolute atomic E-state index is 0.0324. The lowest BCUT2D eigenvalue weighted by atomic mass is 9.96. The number of fused-ring (bicyclic) bond motifs is 3. The van der Waals surface area contributed by atoms with E-state index in [0.717, 1.165) is 55.7 Å². The Morgan fingerprint density at radius 1 is 0.490 bits per heavy atom. The van der Waals surface area contributed by atoms with Crippen molar-refractivity contribution in [3.63, 3.8) is 0 Å². The highest BCUT2D eigenvalue weighted by atomic mass is 16.3. The largest absolute Gasteiger partial charge is 0.452 e. The average molecular weight is 638 g/mol. The standard InChI is InChI=1S/C46H32N2O/c1-4-12-31(13-5-1)33-22-24-34(25-23-33)36-18-10-19-37(28-36)38-20-11-21-40(29-38)46-47-43(35-16-8-3-9-17-35)45-44(48-46)41-27-26-39(30-42(41)49-45)32-14-6-2-7-15-32/h1-30,46,48H/i1D,4D,5D,12D,13D,22D,23D,24D,25D. The zero-order chi connectivity index (χ0) is 40.4. The van der Waals surface area contributed by atoms with Crippen molar-refractivity contribution in [3.05, 3.63) is 199 Å². The topological polar surface area (TPSA) is 37.5 Å². The molecule has 232 valence electrons. The van der Waals surface area contributed by atoms with Crippen LogP contribution in [-0.2, 0) is 0 Å². The molecule has 0 saturated heterocycles. The summed E-state index contributed by atoms with van der Waals surface area (Å²) in [4.78, 5) is 5.20. The predicted octanol–water partition coefficient (Wildman–Crippen LogP) is 12.1. The van der Waals surface area contributed by atoms with Crippen molar-refractivity contribution in [2.45, 2.75) is 6.17 Å². The van der Waals surface area contributed by atoms with Gasteiger partial charge >= 0.3 is 0 Å². The van der Waals surface area contributed by atoms with Crippen LogP contribution >= 0.6 is 0 Å². The summed E-state index contributed by atoms with van der Waals surface area (Å²) in [5.41, 5.74) is 7.57. The zero-order valence-electron chi connectivity index (χ0n) is 35.1. The van der Waals surface area contributed by atoms with E-state index in [1.165, 1.54) is 0 Å². The maximum atomic E-state index is 8.97. The fourth-order valence-corrected chi connectivity index (χ4v) is 6.23. The fraction of sp³-hybridized carbons (Fsp3) is 0.0217. The molecule has 0 spiro atoms. The highest BCUT2D eigenvalue weighted by Crippen LogP contribution is 2.41. The summed E-state index contributed by atoms with van der Waals surface area (Å²) in [5.74, 6) is 0.657. The summed E-state index contributed by atoms with van der Waals surface area (Å²) in [6.45, 7) is 0. The molecule has 49 heavy (non-hydrogen) atoms. The second-order valence-corrected chi connectivity index (χ2v) is 11.7. The molecular weight excluding hydrogens is 597 g/mol. The molecule has 0 saturated carbocycles. The van der Waals surface area contributed by atoms with Gasteiger partial charge in [0.1, 0.15) is 17.5 Å². The molecule has 1 atom stereocenters. The summed E-state index contributed by atoms with van der Waals surface area (Å²) in [7, 11) is 0. The molecule has 0 amide bonds. The quantitative estimate of drug-likeness (QED) is 0.197. The molecule has 0 fully saturated rings. The highest BCUT2D eigenvalue weighted by molar-refractivity contribution is 6.19. The Morgan fingerprint density at radius 3 is 1.80 bits per heavy atom. The molecule has 2 heterocycles. The van der Waals surface area contributed by atoms with E-state index >= 15 is 0 Å². The van der Waals surface area contributed by atoms with Crippen LogP contribution in [0.15, 0.2) is 191 Å². The monoisotopic (exact) mass is 637 g/mol. The number of furan rings is 1. The lowest BCUT2D eigenvalue weighted by Gasteiger charge is -2.23. The summed E-state index contributed by atoms with van der Waals surface area (Å²) in [6, 6.07) is 36.6. The number of anilines is 1. The molecule has 1 aliphatic rings. The fourth-order valence-electron chi connectivity index (χ4n) is 6.23. The first-order chi connectivity index (χ1) is 28.0. The Kier molecular flexibility index (Phi) is 5.20. The zero-order valence-corrected chi connectivity index (χ0v) is 26.1. The van der Waals surface area contributed by atoms with Crippen molar-refractivity contribution < 1.29 is 16.8 Å². The first-order valence-corrected chi connectivity index (χ1v) is 15.9. The van der Waals surface area contributed by atoms with Gasteiger partial charge in [-0.15, -0.1) is 0 Å². The molecule has 9 rings (SSSR count). The minimum atomic E-state index is -0.617. The molecule has 1 N–H and O–H groups in total. The molecule has 7 aromatic carbocycles. The van der Waals surface area contributed by atoms with Crippen LogP contribution in [0.1, 0.15) is 35.4 Å². The van der Waals surface area contributed by atoms with Crippen molar-refractivity contribution in [3.8, 4) is 44.5 Å². The number of aliphatic imine (C=N–C) groups is 1. The Bertz CT molecular complexity index is 2920. The lowest BCUT2D eigenvalue weighted by molar-refractivity contribution is 0.599. The van der Waals surface area contributed by atoms with Gasteiger partial charge in [-0.05, 0) is 74.3 Å². The summed E-state index contributed by atoms with van der Waals surface area (Å²) in [6.07, 6.45) is -0.481. The SMILES string of the molecule is [2H]c1c([2H])c([2H])c(-c2c([2H])c([2H])c(-c3cccc(-c4cccc(C5N=C(c6ccccc6)c6oc7cc(-c8ccccc8)ccc7c6N5)c4)c3)c([2H])c2[2H])c([2H])c1[2H]. The van der Waals surface area contributed by atoms with E-state index in [2.05, 4.69) is 35.6 Å². The van der Waals surface area contributed by atoms with Crippen molar-refractivity contribution in [1.82, 2.24) is 0 Å². The maximum absolute atomic E-state index is 8.97. The molecule has 0 radical (unpaired) electrons. The van der Waals surface area contributed by atoms with Crippen molar-refractivity contribution in [1.29, 1.82) is 0 Å². The van der Waals surface area contributed by atoms with Crippen LogP contribution in [0, 0.1) is 0 Å². The van der Waals surface area contributed by atoms with E-state index in [0.29, 0.717) is 11.3 Å². The van der Waals surface area contributed by atoms with E-state index in [1.54, 1.807) is 18.2 Å². The number of hydrogen-bond acceptors (Lipinski definition) is 3.